The average molecular weight is 199 g/mol. The van der Waals surface area contributed by atoms with E-state index in [0.29, 0.717) is 0 Å². The lowest BCUT2D eigenvalue weighted by atomic mass is 9.88. The number of hydrogen-bond acceptors (Lipinski definition) is 2. The normalized spacial score (nSPS) is 24.5. The number of likely N-dealkylation sites (tertiary alicyclic amines) is 1. The van der Waals surface area contributed by atoms with Gasteiger partial charge in [0.2, 0.25) is 0 Å². The molecule has 1 heterocycles. The van der Waals surface area contributed by atoms with E-state index in [1.165, 1.54) is 19.3 Å². The van der Waals surface area contributed by atoms with Gasteiger partial charge in [0.25, 0.3) is 0 Å². The molecule has 0 aromatic heterocycles. The maximum absolute atomic E-state index is 10.6. The van der Waals surface area contributed by atoms with E-state index in [2.05, 4.69) is 18.7 Å². The molecule has 3 nitrogen and oxygen atoms in total. The van der Waals surface area contributed by atoms with E-state index in [9.17, 15) is 4.79 Å². The third-order valence-electron chi connectivity index (χ3n) is 3.22. The summed E-state index contributed by atoms with van der Waals surface area (Å²) in [4.78, 5) is 13.0. The zero-order valence-corrected chi connectivity index (χ0v) is 9.42. The molecule has 0 amide bonds. The Morgan fingerprint density at radius 3 is 2.64 bits per heavy atom. The number of rotatable bonds is 3. The standard InChI is InChI=1S/C11H21NO2/c1-9(8-10(13)14)12-7-5-4-6-11(12,2)3/h9H,4-8H2,1-3H3,(H,13,14). The van der Waals surface area contributed by atoms with Gasteiger partial charge in [-0.25, -0.2) is 0 Å². The van der Waals surface area contributed by atoms with Gasteiger partial charge in [0.1, 0.15) is 0 Å². The Hall–Kier alpha value is -0.570. The van der Waals surface area contributed by atoms with Crippen LogP contribution in [-0.4, -0.2) is 34.1 Å². The Balaban J connectivity index is 2.59. The topological polar surface area (TPSA) is 40.5 Å². The second kappa shape index (κ2) is 4.30. The fourth-order valence-electron chi connectivity index (χ4n) is 2.47. The summed E-state index contributed by atoms with van der Waals surface area (Å²) in [5, 5.41) is 8.76. The van der Waals surface area contributed by atoms with Crippen molar-refractivity contribution >= 4 is 5.97 Å². The van der Waals surface area contributed by atoms with E-state index in [4.69, 9.17) is 5.11 Å². The van der Waals surface area contributed by atoms with Gasteiger partial charge in [0.05, 0.1) is 6.42 Å². The van der Waals surface area contributed by atoms with Crippen LogP contribution in [-0.2, 0) is 4.79 Å². The number of piperidine rings is 1. The lowest BCUT2D eigenvalue weighted by molar-refractivity contribution is -0.139. The molecular weight excluding hydrogens is 178 g/mol. The zero-order valence-electron chi connectivity index (χ0n) is 9.42. The summed E-state index contributed by atoms with van der Waals surface area (Å²) in [5.74, 6) is -0.695. The highest BCUT2D eigenvalue weighted by atomic mass is 16.4. The predicted octanol–water partition coefficient (Wildman–Crippen LogP) is 2.11. The van der Waals surface area contributed by atoms with Gasteiger partial charge in [-0.1, -0.05) is 6.42 Å². The summed E-state index contributed by atoms with van der Waals surface area (Å²) in [7, 11) is 0. The third kappa shape index (κ3) is 2.71. The molecule has 0 radical (unpaired) electrons. The first-order valence-corrected chi connectivity index (χ1v) is 5.42. The molecule has 0 aromatic rings. The van der Waals surface area contributed by atoms with Crippen LogP contribution in [0.2, 0.25) is 0 Å². The van der Waals surface area contributed by atoms with Gasteiger partial charge >= 0.3 is 5.97 Å². The predicted molar refractivity (Wildman–Crippen MR) is 56.4 cm³/mol. The first-order valence-electron chi connectivity index (χ1n) is 5.42. The molecule has 1 aliphatic heterocycles. The summed E-state index contributed by atoms with van der Waals surface area (Å²) >= 11 is 0. The second-order valence-corrected chi connectivity index (χ2v) is 4.91. The fourth-order valence-corrected chi connectivity index (χ4v) is 2.47. The largest absolute Gasteiger partial charge is 0.481 e. The van der Waals surface area contributed by atoms with E-state index >= 15 is 0 Å². The van der Waals surface area contributed by atoms with Crippen molar-refractivity contribution in [1.29, 1.82) is 0 Å². The van der Waals surface area contributed by atoms with Crippen molar-refractivity contribution < 1.29 is 9.90 Å². The van der Waals surface area contributed by atoms with Gasteiger partial charge in [0, 0.05) is 11.6 Å². The highest BCUT2D eigenvalue weighted by Crippen LogP contribution is 2.29. The average Bonchev–Trinajstić information content (AvgIpc) is 2.01. The molecule has 0 saturated carbocycles. The van der Waals surface area contributed by atoms with Crippen LogP contribution in [0.5, 0.6) is 0 Å². The Morgan fingerprint density at radius 1 is 1.50 bits per heavy atom. The summed E-state index contributed by atoms with van der Waals surface area (Å²) in [6.45, 7) is 7.48. The van der Waals surface area contributed by atoms with Gasteiger partial charge < -0.3 is 5.11 Å². The van der Waals surface area contributed by atoms with Gasteiger partial charge in [-0.2, -0.15) is 0 Å². The minimum Gasteiger partial charge on any atom is -0.481 e. The molecule has 82 valence electrons. The summed E-state index contributed by atoms with van der Waals surface area (Å²) < 4.78 is 0. The minimum atomic E-state index is -0.695. The molecule has 0 aliphatic carbocycles. The van der Waals surface area contributed by atoms with Crippen molar-refractivity contribution in [2.45, 2.75) is 58.0 Å². The molecule has 1 aliphatic rings. The lowest BCUT2D eigenvalue weighted by Gasteiger charge is -2.45. The third-order valence-corrected chi connectivity index (χ3v) is 3.22. The quantitative estimate of drug-likeness (QED) is 0.756. The van der Waals surface area contributed by atoms with E-state index in [-0.39, 0.29) is 18.0 Å². The second-order valence-electron chi connectivity index (χ2n) is 4.91. The number of hydrogen-bond donors (Lipinski definition) is 1. The Labute approximate surface area is 86.1 Å². The van der Waals surface area contributed by atoms with Crippen molar-refractivity contribution in [2.75, 3.05) is 6.54 Å². The van der Waals surface area contributed by atoms with Crippen LogP contribution in [0.25, 0.3) is 0 Å². The van der Waals surface area contributed by atoms with Crippen molar-refractivity contribution in [2.24, 2.45) is 0 Å². The first-order chi connectivity index (χ1) is 6.43. The minimum absolute atomic E-state index is 0.155. The number of carboxylic acid groups (broad SMARTS) is 1. The molecule has 1 N–H and O–H groups in total. The molecule has 1 fully saturated rings. The van der Waals surface area contributed by atoms with Crippen LogP contribution in [0.15, 0.2) is 0 Å². The number of aliphatic carboxylic acids is 1. The molecule has 3 heteroatoms. The van der Waals surface area contributed by atoms with Crippen molar-refractivity contribution in [3.05, 3.63) is 0 Å². The summed E-state index contributed by atoms with van der Waals surface area (Å²) in [6.07, 6.45) is 3.90. The zero-order chi connectivity index (χ0) is 10.8. The molecule has 0 spiro atoms. The maximum Gasteiger partial charge on any atom is 0.304 e. The molecule has 1 unspecified atom stereocenters. The molecule has 1 rings (SSSR count). The van der Waals surface area contributed by atoms with Crippen molar-refractivity contribution in [1.82, 2.24) is 4.90 Å². The molecular formula is C11H21NO2. The van der Waals surface area contributed by atoms with E-state index < -0.39 is 5.97 Å². The van der Waals surface area contributed by atoms with Gasteiger partial charge in [0.15, 0.2) is 0 Å². The highest BCUT2D eigenvalue weighted by molar-refractivity contribution is 5.67. The smallest absolute Gasteiger partial charge is 0.304 e. The van der Waals surface area contributed by atoms with Crippen LogP contribution in [0.1, 0.15) is 46.5 Å². The summed E-state index contributed by atoms with van der Waals surface area (Å²) in [6, 6.07) is 0.155. The van der Waals surface area contributed by atoms with E-state index in [0.717, 1.165) is 6.54 Å². The number of nitrogens with zero attached hydrogens (tertiary/aromatic N) is 1. The lowest BCUT2D eigenvalue weighted by Crippen LogP contribution is -2.52. The Bertz CT molecular complexity index is 213. The first kappa shape index (κ1) is 11.5. The van der Waals surface area contributed by atoms with Crippen LogP contribution in [0.4, 0.5) is 0 Å². The van der Waals surface area contributed by atoms with Gasteiger partial charge in [-0.15, -0.1) is 0 Å². The Morgan fingerprint density at radius 2 is 2.14 bits per heavy atom. The van der Waals surface area contributed by atoms with Gasteiger partial charge in [-0.05, 0) is 40.2 Å². The van der Waals surface area contributed by atoms with Crippen LogP contribution in [0.3, 0.4) is 0 Å². The molecule has 1 atom stereocenters. The Kier molecular flexibility index (Phi) is 3.53. The molecule has 1 saturated heterocycles. The molecule has 0 aromatic carbocycles. The maximum atomic E-state index is 10.6. The van der Waals surface area contributed by atoms with Gasteiger partial charge in [-0.3, -0.25) is 9.69 Å². The SMILES string of the molecule is CC(CC(=O)O)N1CCCCC1(C)C. The monoisotopic (exact) mass is 199 g/mol. The fraction of sp³-hybridized carbons (Fsp3) is 0.909. The van der Waals surface area contributed by atoms with Crippen LogP contribution >= 0.6 is 0 Å². The molecule has 0 bridgehead atoms. The van der Waals surface area contributed by atoms with E-state index in [1.807, 2.05) is 6.92 Å². The van der Waals surface area contributed by atoms with E-state index in [1.54, 1.807) is 0 Å². The van der Waals surface area contributed by atoms with Crippen LogP contribution < -0.4 is 0 Å². The molecule has 14 heavy (non-hydrogen) atoms. The van der Waals surface area contributed by atoms with Crippen LogP contribution in [0, 0.1) is 0 Å². The van der Waals surface area contributed by atoms with Crippen molar-refractivity contribution in [3.63, 3.8) is 0 Å². The van der Waals surface area contributed by atoms with Crippen molar-refractivity contribution in [3.8, 4) is 0 Å². The number of carbonyl (C=O) groups is 1. The number of carboxylic acids is 1. The highest BCUT2D eigenvalue weighted by Gasteiger charge is 2.33. The summed E-state index contributed by atoms with van der Waals surface area (Å²) in [5.41, 5.74) is 0.174.